The third kappa shape index (κ3) is 4.07. The molecule has 0 radical (unpaired) electrons. The number of hydrogen-bond donors (Lipinski definition) is 0. The highest BCUT2D eigenvalue weighted by atomic mass is 15.0. The summed E-state index contributed by atoms with van der Waals surface area (Å²) >= 11 is 0. The predicted octanol–water partition coefficient (Wildman–Crippen LogP) is 11.0. The number of benzene rings is 7. The largest absolute Gasteiger partial charge is 0.309 e. The summed E-state index contributed by atoms with van der Waals surface area (Å²) in [5, 5.41) is 24.6. The Balaban J connectivity index is 1.29. The molecule has 0 atom stereocenters. The summed E-state index contributed by atoms with van der Waals surface area (Å²) in [6.07, 6.45) is 0. The van der Waals surface area contributed by atoms with Gasteiger partial charge in [0.05, 0.1) is 51.0 Å². The van der Waals surface area contributed by atoms with Gasteiger partial charge in [-0.3, -0.25) is 0 Å². The highest BCUT2D eigenvalue weighted by Gasteiger charge is 2.20. The third-order valence-electron chi connectivity index (χ3n) is 9.39. The Morgan fingerprint density at radius 1 is 0.417 bits per heavy atom. The molecule has 7 aromatic carbocycles. The molecule has 9 rings (SSSR count). The van der Waals surface area contributed by atoms with Gasteiger partial charge in [-0.25, -0.2) is 0 Å². The van der Waals surface area contributed by atoms with Crippen LogP contribution in [0.2, 0.25) is 0 Å². The molecule has 0 aliphatic rings. The fourth-order valence-electron chi connectivity index (χ4n) is 7.38. The van der Waals surface area contributed by atoms with Crippen LogP contribution in [0.5, 0.6) is 0 Å². The second-order valence-corrected chi connectivity index (χ2v) is 12.0. The minimum atomic E-state index is 0.613. The average Bonchev–Trinajstić information content (AvgIpc) is 3.67. The van der Waals surface area contributed by atoms with Crippen LogP contribution in [0, 0.1) is 22.7 Å². The van der Waals surface area contributed by atoms with Crippen molar-refractivity contribution in [3.63, 3.8) is 0 Å². The number of aromatic nitrogens is 2. The fraction of sp³-hybridized carbons (Fsp3) is 0. The Kier molecular flexibility index (Phi) is 6.22. The van der Waals surface area contributed by atoms with E-state index in [0.29, 0.717) is 11.1 Å². The van der Waals surface area contributed by atoms with Crippen LogP contribution in [0.25, 0.3) is 77.2 Å². The Bertz CT molecular complexity index is 2760. The topological polar surface area (TPSA) is 57.4 Å². The minimum Gasteiger partial charge on any atom is -0.309 e. The molecule has 9 aromatic rings. The van der Waals surface area contributed by atoms with Gasteiger partial charge in [0.1, 0.15) is 0 Å². The zero-order valence-electron chi connectivity index (χ0n) is 25.8. The van der Waals surface area contributed by atoms with Gasteiger partial charge in [-0.05, 0) is 71.8 Å². The molecule has 4 heteroatoms. The van der Waals surface area contributed by atoms with Gasteiger partial charge in [0.25, 0.3) is 0 Å². The van der Waals surface area contributed by atoms with E-state index < -0.39 is 0 Å². The number of nitriles is 2. The summed E-state index contributed by atoms with van der Waals surface area (Å²) in [5.74, 6) is 0. The van der Waals surface area contributed by atoms with E-state index in [0.717, 1.165) is 66.5 Å². The zero-order chi connectivity index (χ0) is 32.2. The average molecular weight is 611 g/mol. The first-order valence-corrected chi connectivity index (χ1v) is 15.9. The van der Waals surface area contributed by atoms with Crippen LogP contribution in [0.15, 0.2) is 158 Å². The molecule has 0 amide bonds. The van der Waals surface area contributed by atoms with Crippen LogP contribution < -0.4 is 0 Å². The van der Waals surface area contributed by atoms with E-state index in [1.165, 1.54) is 10.8 Å². The van der Waals surface area contributed by atoms with Gasteiger partial charge in [-0.2, -0.15) is 10.5 Å². The zero-order valence-corrected chi connectivity index (χ0v) is 25.8. The summed E-state index contributed by atoms with van der Waals surface area (Å²) in [4.78, 5) is 0. The molecule has 0 saturated heterocycles. The number of hydrogen-bond acceptors (Lipinski definition) is 2. The van der Waals surface area contributed by atoms with Crippen LogP contribution in [0.1, 0.15) is 11.1 Å². The van der Waals surface area contributed by atoms with Crippen molar-refractivity contribution < 1.29 is 0 Å². The van der Waals surface area contributed by atoms with Crippen molar-refractivity contribution in [1.29, 1.82) is 10.5 Å². The standard InChI is InChI=1S/C44H26N4/c45-27-29-23-24-43-38(25-29)36-17-4-5-19-39(36)47(43)32-13-9-11-30(26-32)44-31(28-46)12-10-18-37(44)35-16-3-8-22-42(35)48-40-20-6-1-14-33(40)34-15-2-7-21-41(34)48/h1-26H. The molecule has 0 N–H and O–H groups in total. The van der Waals surface area contributed by atoms with E-state index in [-0.39, 0.29) is 0 Å². The molecule has 0 spiro atoms. The van der Waals surface area contributed by atoms with Gasteiger partial charge in [-0.15, -0.1) is 0 Å². The maximum Gasteiger partial charge on any atom is 0.0998 e. The van der Waals surface area contributed by atoms with Crippen molar-refractivity contribution in [1.82, 2.24) is 9.13 Å². The molecular weight excluding hydrogens is 585 g/mol. The van der Waals surface area contributed by atoms with Crippen LogP contribution in [-0.2, 0) is 0 Å². The highest BCUT2D eigenvalue weighted by molar-refractivity contribution is 6.11. The van der Waals surface area contributed by atoms with Crippen molar-refractivity contribution in [3.05, 3.63) is 169 Å². The van der Waals surface area contributed by atoms with Gasteiger partial charge >= 0.3 is 0 Å². The normalized spacial score (nSPS) is 11.3. The monoisotopic (exact) mass is 610 g/mol. The lowest BCUT2D eigenvalue weighted by atomic mass is 9.90. The SMILES string of the molecule is N#Cc1ccc2c(c1)c1ccccc1n2-c1cccc(-c2c(C#N)cccc2-c2ccccc2-n2c3ccccc3c3ccccc32)c1. The first kappa shape index (κ1) is 27.4. The van der Waals surface area contributed by atoms with Gasteiger partial charge < -0.3 is 9.13 Å². The van der Waals surface area contributed by atoms with E-state index in [2.05, 4.69) is 137 Å². The van der Waals surface area contributed by atoms with Crippen molar-refractivity contribution in [3.8, 4) is 45.8 Å². The lowest BCUT2D eigenvalue weighted by Gasteiger charge is -2.18. The predicted molar refractivity (Wildman–Crippen MR) is 195 cm³/mol. The van der Waals surface area contributed by atoms with E-state index in [1.807, 2.05) is 42.5 Å². The van der Waals surface area contributed by atoms with Crippen LogP contribution in [0.4, 0.5) is 0 Å². The van der Waals surface area contributed by atoms with Gasteiger partial charge in [0, 0.05) is 38.4 Å². The molecule has 2 aromatic heterocycles. The number of nitrogens with zero attached hydrogens (tertiary/aromatic N) is 4. The molecule has 0 unspecified atom stereocenters. The maximum atomic E-state index is 10.5. The second-order valence-electron chi connectivity index (χ2n) is 12.0. The number of para-hydroxylation sites is 4. The summed E-state index contributed by atoms with van der Waals surface area (Å²) in [5.41, 5.74) is 11.5. The van der Waals surface area contributed by atoms with Crippen molar-refractivity contribution >= 4 is 43.6 Å². The van der Waals surface area contributed by atoms with Crippen LogP contribution in [-0.4, -0.2) is 9.13 Å². The molecule has 0 saturated carbocycles. The van der Waals surface area contributed by atoms with Gasteiger partial charge in [0.15, 0.2) is 0 Å². The van der Waals surface area contributed by atoms with Crippen molar-refractivity contribution in [2.45, 2.75) is 0 Å². The first-order chi connectivity index (χ1) is 23.7. The summed E-state index contributed by atoms with van der Waals surface area (Å²) in [7, 11) is 0. The van der Waals surface area contributed by atoms with Gasteiger partial charge in [0.2, 0.25) is 0 Å². The summed E-state index contributed by atoms with van der Waals surface area (Å²) < 4.78 is 4.59. The Hall–Kier alpha value is -6.88. The smallest absolute Gasteiger partial charge is 0.0998 e. The molecule has 0 fully saturated rings. The Morgan fingerprint density at radius 3 is 1.71 bits per heavy atom. The summed E-state index contributed by atoms with van der Waals surface area (Å²) in [6, 6.07) is 58.9. The molecule has 2 heterocycles. The van der Waals surface area contributed by atoms with Crippen LogP contribution in [0.3, 0.4) is 0 Å². The molecule has 0 aliphatic carbocycles. The maximum absolute atomic E-state index is 10.5. The number of fused-ring (bicyclic) bond motifs is 6. The van der Waals surface area contributed by atoms with Crippen LogP contribution >= 0.6 is 0 Å². The first-order valence-electron chi connectivity index (χ1n) is 15.9. The lowest BCUT2D eigenvalue weighted by molar-refractivity contribution is 1.18. The van der Waals surface area contributed by atoms with Crippen molar-refractivity contribution in [2.75, 3.05) is 0 Å². The lowest BCUT2D eigenvalue weighted by Crippen LogP contribution is -1.99. The molecular formula is C44H26N4. The number of rotatable bonds is 4. The Morgan fingerprint density at radius 2 is 1.00 bits per heavy atom. The summed E-state index contributed by atoms with van der Waals surface area (Å²) in [6.45, 7) is 0. The molecule has 0 aliphatic heterocycles. The third-order valence-corrected chi connectivity index (χ3v) is 9.39. The molecule has 222 valence electrons. The van der Waals surface area contributed by atoms with Crippen molar-refractivity contribution in [2.24, 2.45) is 0 Å². The quantitative estimate of drug-likeness (QED) is 0.199. The second kappa shape index (κ2) is 10.9. The van der Waals surface area contributed by atoms with E-state index >= 15 is 0 Å². The minimum absolute atomic E-state index is 0.613. The Labute approximate surface area is 277 Å². The van der Waals surface area contributed by atoms with E-state index in [9.17, 15) is 10.5 Å². The van der Waals surface area contributed by atoms with E-state index in [1.54, 1.807) is 0 Å². The highest BCUT2D eigenvalue weighted by Crippen LogP contribution is 2.42. The fourth-order valence-corrected chi connectivity index (χ4v) is 7.38. The molecule has 0 bridgehead atoms. The molecule has 4 nitrogen and oxygen atoms in total. The van der Waals surface area contributed by atoms with E-state index in [4.69, 9.17) is 0 Å². The molecule has 48 heavy (non-hydrogen) atoms. The van der Waals surface area contributed by atoms with Gasteiger partial charge in [-0.1, -0.05) is 97.1 Å².